The third-order valence-electron chi connectivity index (χ3n) is 5.86. The predicted octanol–water partition coefficient (Wildman–Crippen LogP) is 1.94. The van der Waals surface area contributed by atoms with E-state index in [1.807, 2.05) is 0 Å². The van der Waals surface area contributed by atoms with Gasteiger partial charge in [-0.05, 0) is 68.1 Å². The molecule has 3 aliphatic carbocycles. The van der Waals surface area contributed by atoms with Crippen LogP contribution in [0.4, 0.5) is 0 Å². The summed E-state index contributed by atoms with van der Waals surface area (Å²) in [4.78, 5) is 24.7. The number of hydrogen-bond acceptors (Lipinski definition) is 3. The molecule has 25 heavy (non-hydrogen) atoms. The van der Waals surface area contributed by atoms with Gasteiger partial charge in [0.1, 0.15) is 6.04 Å². The number of nitrogens with one attached hydrogen (secondary N) is 2. The quantitative estimate of drug-likeness (QED) is 0.765. The molecule has 4 rings (SSSR count). The molecule has 1 aromatic carbocycles. The van der Waals surface area contributed by atoms with Gasteiger partial charge in [0.25, 0.3) is 0 Å². The molecule has 0 bridgehead atoms. The lowest BCUT2D eigenvalue weighted by Crippen LogP contribution is -2.53. The first-order valence-corrected chi connectivity index (χ1v) is 9.45. The number of benzene rings is 1. The van der Waals surface area contributed by atoms with Gasteiger partial charge in [-0.3, -0.25) is 9.59 Å². The molecular formula is C20H26N2O3. The lowest BCUT2D eigenvalue weighted by molar-refractivity contribution is -0.132. The number of carbonyl (C=O) groups excluding carboxylic acids is 2. The number of carbonyl (C=O) groups is 2. The van der Waals surface area contributed by atoms with Gasteiger partial charge >= 0.3 is 0 Å². The average Bonchev–Trinajstić information content (AvgIpc) is 3.38. The van der Waals surface area contributed by atoms with Crippen LogP contribution in [0.2, 0.25) is 0 Å². The van der Waals surface area contributed by atoms with Gasteiger partial charge in [0.2, 0.25) is 11.8 Å². The SMILES string of the molecule is C[C@H](O)[C@H](NC(=O)C1CC1)C(=O)N[C@@H]1C[C@H]2CCCc3cccc1c32. The minimum Gasteiger partial charge on any atom is -0.391 e. The van der Waals surface area contributed by atoms with Crippen molar-refractivity contribution in [3.63, 3.8) is 0 Å². The van der Waals surface area contributed by atoms with E-state index in [-0.39, 0.29) is 23.8 Å². The van der Waals surface area contributed by atoms with Crippen LogP contribution in [0.1, 0.15) is 67.7 Å². The topological polar surface area (TPSA) is 78.4 Å². The molecule has 0 saturated heterocycles. The Bertz CT molecular complexity index is 696. The fourth-order valence-electron chi connectivity index (χ4n) is 4.40. The van der Waals surface area contributed by atoms with Crippen LogP contribution in [0.25, 0.3) is 0 Å². The van der Waals surface area contributed by atoms with Crippen LogP contribution in [0, 0.1) is 5.92 Å². The zero-order chi connectivity index (χ0) is 17.6. The summed E-state index contributed by atoms with van der Waals surface area (Å²) in [6.45, 7) is 1.55. The van der Waals surface area contributed by atoms with E-state index in [0.717, 1.165) is 25.7 Å². The molecule has 0 aromatic heterocycles. The Morgan fingerprint density at radius 3 is 2.76 bits per heavy atom. The summed E-state index contributed by atoms with van der Waals surface area (Å²) in [5.41, 5.74) is 4.06. The Morgan fingerprint density at radius 2 is 2.04 bits per heavy atom. The molecule has 2 amide bonds. The van der Waals surface area contributed by atoms with Crippen molar-refractivity contribution in [3.05, 3.63) is 34.9 Å². The van der Waals surface area contributed by atoms with Crippen molar-refractivity contribution < 1.29 is 14.7 Å². The summed E-state index contributed by atoms with van der Waals surface area (Å²) < 4.78 is 0. The molecule has 0 radical (unpaired) electrons. The van der Waals surface area contributed by atoms with Crippen LogP contribution >= 0.6 is 0 Å². The minimum atomic E-state index is -0.915. The largest absolute Gasteiger partial charge is 0.391 e. The van der Waals surface area contributed by atoms with Gasteiger partial charge in [-0.1, -0.05) is 18.2 Å². The molecule has 0 heterocycles. The smallest absolute Gasteiger partial charge is 0.245 e. The number of rotatable bonds is 5. The highest BCUT2D eigenvalue weighted by molar-refractivity contribution is 5.90. The van der Waals surface area contributed by atoms with Crippen LogP contribution in [-0.2, 0) is 16.0 Å². The molecular weight excluding hydrogens is 316 g/mol. The maximum absolute atomic E-state index is 12.7. The van der Waals surface area contributed by atoms with Crippen molar-refractivity contribution >= 4 is 11.8 Å². The van der Waals surface area contributed by atoms with E-state index < -0.39 is 12.1 Å². The molecule has 0 spiro atoms. The number of aliphatic hydroxyl groups excluding tert-OH is 1. The Labute approximate surface area is 148 Å². The van der Waals surface area contributed by atoms with Crippen LogP contribution < -0.4 is 10.6 Å². The highest BCUT2D eigenvalue weighted by atomic mass is 16.3. The molecule has 1 fully saturated rings. The number of hydrogen-bond donors (Lipinski definition) is 3. The molecule has 5 nitrogen and oxygen atoms in total. The fourth-order valence-corrected chi connectivity index (χ4v) is 4.40. The van der Waals surface area contributed by atoms with Gasteiger partial charge in [0.05, 0.1) is 12.1 Å². The monoisotopic (exact) mass is 342 g/mol. The van der Waals surface area contributed by atoms with Crippen LogP contribution in [0.15, 0.2) is 18.2 Å². The zero-order valence-electron chi connectivity index (χ0n) is 14.6. The second-order valence-electron chi connectivity index (χ2n) is 7.81. The van der Waals surface area contributed by atoms with E-state index in [2.05, 4.69) is 28.8 Å². The summed E-state index contributed by atoms with van der Waals surface area (Å²) in [5.74, 6) is 0.134. The fraction of sp³-hybridized carbons (Fsp3) is 0.600. The Morgan fingerprint density at radius 1 is 1.24 bits per heavy atom. The second kappa shape index (κ2) is 6.45. The Hall–Kier alpha value is -1.88. The van der Waals surface area contributed by atoms with Gasteiger partial charge in [0.15, 0.2) is 0 Å². The molecule has 5 heteroatoms. The van der Waals surface area contributed by atoms with Crippen molar-refractivity contribution in [3.8, 4) is 0 Å². The van der Waals surface area contributed by atoms with Gasteiger partial charge in [-0.2, -0.15) is 0 Å². The lowest BCUT2D eigenvalue weighted by atomic mass is 9.84. The highest BCUT2D eigenvalue weighted by Crippen LogP contribution is 2.47. The average molecular weight is 342 g/mol. The minimum absolute atomic E-state index is 0.0160. The maximum Gasteiger partial charge on any atom is 0.245 e. The van der Waals surface area contributed by atoms with Crippen molar-refractivity contribution in [1.29, 1.82) is 0 Å². The number of aryl methyl sites for hydroxylation is 1. The summed E-state index contributed by atoms with van der Waals surface area (Å²) in [5, 5.41) is 15.8. The number of aliphatic hydroxyl groups is 1. The van der Waals surface area contributed by atoms with Gasteiger partial charge in [0, 0.05) is 5.92 Å². The van der Waals surface area contributed by atoms with E-state index in [9.17, 15) is 14.7 Å². The van der Waals surface area contributed by atoms with Gasteiger partial charge in [-0.25, -0.2) is 0 Å². The molecule has 1 aromatic rings. The van der Waals surface area contributed by atoms with E-state index >= 15 is 0 Å². The van der Waals surface area contributed by atoms with Crippen molar-refractivity contribution in [1.82, 2.24) is 10.6 Å². The van der Waals surface area contributed by atoms with E-state index in [0.29, 0.717) is 5.92 Å². The first-order valence-electron chi connectivity index (χ1n) is 9.45. The second-order valence-corrected chi connectivity index (χ2v) is 7.81. The van der Waals surface area contributed by atoms with E-state index in [4.69, 9.17) is 0 Å². The first-order chi connectivity index (χ1) is 12.0. The van der Waals surface area contributed by atoms with Crippen molar-refractivity contribution in [2.24, 2.45) is 5.92 Å². The first kappa shape index (κ1) is 16.6. The summed E-state index contributed by atoms with van der Waals surface area (Å²) in [6, 6.07) is 5.47. The molecule has 3 aliphatic rings. The highest BCUT2D eigenvalue weighted by Gasteiger charge is 2.38. The maximum atomic E-state index is 12.7. The predicted molar refractivity (Wildman–Crippen MR) is 94.0 cm³/mol. The third kappa shape index (κ3) is 3.17. The van der Waals surface area contributed by atoms with Crippen LogP contribution in [-0.4, -0.2) is 29.1 Å². The third-order valence-corrected chi connectivity index (χ3v) is 5.86. The van der Waals surface area contributed by atoms with Crippen molar-refractivity contribution in [2.45, 2.75) is 69.6 Å². The molecule has 3 N–H and O–H groups in total. The van der Waals surface area contributed by atoms with Gasteiger partial charge in [-0.15, -0.1) is 0 Å². The zero-order valence-corrected chi connectivity index (χ0v) is 14.6. The lowest BCUT2D eigenvalue weighted by Gasteiger charge is -2.23. The van der Waals surface area contributed by atoms with E-state index in [1.54, 1.807) is 6.92 Å². The van der Waals surface area contributed by atoms with Crippen LogP contribution in [0.5, 0.6) is 0 Å². The van der Waals surface area contributed by atoms with Crippen LogP contribution in [0.3, 0.4) is 0 Å². The normalized spacial score (nSPS) is 26.5. The standard InChI is InChI=1S/C20H26N2O3/c1-11(23)18(22-19(24)13-8-9-13)20(25)21-16-10-14-6-2-4-12-5-3-7-15(16)17(12)14/h3,5,7,11,13-14,16,18,23H,2,4,6,8-10H2,1H3,(H,21,25)(H,22,24)/t11-,14+,16+,18-/m0/s1. The molecule has 1 saturated carbocycles. The Balaban J connectivity index is 1.49. The molecule has 0 aliphatic heterocycles. The molecule has 134 valence electrons. The van der Waals surface area contributed by atoms with Gasteiger partial charge < -0.3 is 15.7 Å². The number of amides is 2. The molecule has 4 atom stereocenters. The summed E-state index contributed by atoms with van der Waals surface area (Å²) in [7, 11) is 0. The molecule has 0 unspecified atom stereocenters. The summed E-state index contributed by atoms with van der Waals surface area (Å²) in [6.07, 6.45) is 5.25. The summed E-state index contributed by atoms with van der Waals surface area (Å²) >= 11 is 0. The van der Waals surface area contributed by atoms with E-state index in [1.165, 1.54) is 29.5 Å². The van der Waals surface area contributed by atoms with Crippen molar-refractivity contribution in [2.75, 3.05) is 0 Å². The Kier molecular flexibility index (Phi) is 4.28.